The van der Waals surface area contributed by atoms with Gasteiger partial charge >= 0.3 is 0 Å². The largest absolute Gasteiger partial charge is 0.251 e. The summed E-state index contributed by atoms with van der Waals surface area (Å²) in [5, 5.41) is 13.0. The summed E-state index contributed by atoms with van der Waals surface area (Å²) in [6.07, 6.45) is 1.69. The van der Waals surface area contributed by atoms with Crippen molar-refractivity contribution in [2.75, 3.05) is 0 Å². The van der Waals surface area contributed by atoms with Crippen molar-refractivity contribution >= 4 is 0 Å². The Labute approximate surface area is 84.6 Å². The van der Waals surface area contributed by atoms with E-state index in [0.29, 0.717) is 6.54 Å². The average molecular weight is 192 g/mol. The van der Waals surface area contributed by atoms with E-state index in [1.54, 1.807) is 11.0 Å². The first-order valence-corrected chi connectivity index (χ1v) is 4.73. The lowest BCUT2D eigenvalue weighted by molar-refractivity contribution is 0.494. The standard InChI is InChI=1S/C10H16N4/c1-8(5-11)6-14-7-12-9(13-14)10(2,3)4/h7-8H,6H2,1-4H3. The molecule has 0 spiro atoms. The molecule has 1 heterocycles. The SMILES string of the molecule is CC(C#N)Cn1cnc(C(C)(C)C)n1. The molecule has 0 saturated carbocycles. The molecule has 0 saturated heterocycles. The van der Waals surface area contributed by atoms with Gasteiger partial charge in [-0.3, -0.25) is 4.68 Å². The van der Waals surface area contributed by atoms with Gasteiger partial charge in [-0.1, -0.05) is 20.8 Å². The number of nitriles is 1. The van der Waals surface area contributed by atoms with Gasteiger partial charge in [0.1, 0.15) is 6.33 Å². The zero-order chi connectivity index (χ0) is 10.8. The van der Waals surface area contributed by atoms with Crippen molar-refractivity contribution in [3.8, 4) is 6.07 Å². The van der Waals surface area contributed by atoms with Gasteiger partial charge in [-0.15, -0.1) is 0 Å². The van der Waals surface area contributed by atoms with Crippen LogP contribution in [-0.4, -0.2) is 14.8 Å². The van der Waals surface area contributed by atoms with E-state index in [1.165, 1.54) is 0 Å². The number of hydrogen-bond donors (Lipinski definition) is 0. The van der Waals surface area contributed by atoms with Crippen molar-refractivity contribution in [1.29, 1.82) is 5.26 Å². The molecule has 1 aromatic rings. The van der Waals surface area contributed by atoms with Crippen LogP contribution < -0.4 is 0 Å². The molecule has 0 aromatic carbocycles. The predicted molar refractivity (Wildman–Crippen MR) is 53.5 cm³/mol. The van der Waals surface area contributed by atoms with Gasteiger partial charge in [0.25, 0.3) is 0 Å². The highest BCUT2D eigenvalue weighted by molar-refractivity contribution is 4.98. The van der Waals surface area contributed by atoms with Crippen LogP contribution in [0, 0.1) is 17.2 Å². The van der Waals surface area contributed by atoms with Crippen molar-refractivity contribution in [2.45, 2.75) is 39.7 Å². The van der Waals surface area contributed by atoms with Crippen LogP contribution in [0.1, 0.15) is 33.5 Å². The lowest BCUT2D eigenvalue weighted by Gasteiger charge is -2.12. The van der Waals surface area contributed by atoms with Gasteiger partial charge in [0, 0.05) is 5.41 Å². The number of aromatic nitrogens is 3. The summed E-state index contributed by atoms with van der Waals surface area (Å²) in [4.78, 5) is 4.22. The molecule has 76 valence electrons. The Morgan fingerprint density at radius 3 is 2.64 bits per heavy atom. The summed E-state index contributed by atoms with van der Waals surface area (Å²) in [6, 6.07) is 2.17. The first-order valence-electron chi connectivity index (χ1n) is 4.73. The summed E-state index contributed by atoms with van der Waals surface area (Å²) in [5.74, 6) is 0.798. The minimum atomic E-state index is -0.0267. The monoisotopic (exact) mass is 192 g/mol. The minimum Gasteiger partial charge on any atom is -0.251 e. The van der Waals surface area contributed by atoms with Gasteiger partial charge in [0.2, 0.25) is 0 Å². The Hall–Kier alpha value is -1.37. The Morgan fingerprint density at radius 1 is 1.57 bits per heavy atom. The molecule has 0 aliphatic heterocycles. The average Bonchev–Trinajstić information content (AvgIpc) is 2.51. The molecule has 1 unspecified atom stereocenters. The molecule has 0 bridgehead atoms. The van der Waals surface area contributed by atoms with Gasteiger partial charge in [0.05, 0.1) is 18.5 Å². The second-order valence-corrected chi connectivity index (χ2v) is 4.57. The van der Waals surface area contributed by atoms with E-state index in [9.17, 15) is 0 Å². The molecule has 0 aliphatic carbocycles. The normalized spacial score (nSPS) is 13.6. The second kappa shape index (κ2) is 3.79. The van der Waals surface area contributed by atoms with Crippen molar-refractivity contribution in [3.05, 3.63) is 12.2 Å². The molecule has 14 heavy (non-hydrogen) atoms. The van der Waals surface area contributed by atoms with Crippen LogP contribution in [-0.2, 0) is 12.0 Å². The van der Waals surface area contributed by atoms with Crippen LogP contribution in [0.15, 0.2) is 6.33 Å². The van der Waals surface area contributed by atoms with Crippen molar-refractivity contribution in [3.63, 3.8) is 0 Å². The minimum absolute atomic E-state index is 0.0236. The number of nitrogens with zero attached hydrogens (tertiary/aromatic N) is 4. The smallest absolute Gasteiger partial charge is 0.155 e. The van der Waals surface area contributed by atoms with E-state index in [1.807, 2.05) is 6.92 Å². The van der Waals surface area contributed by atoms with Crippen molar-refractivity contribution < 1.29 is 0 Å². The Kier molecular flexibility index (Phi) is 2.90. The topological polar surface area (TPSA) is 54.5 Å². The maximum absolute atomic E-state index is 8.65. The van der Waals surface area contributed by atoms with Crippen LogP contribution in [0.3, 0.4) is 0 Å². The first-order chi connectivity index (χ1) is 6.43. The fourth-order valence-corrected chi connectivity index (χ4v) is 1.05. The van der Waals surface area contributed by atoms with Crippen LogP contribution in [0.2, 0.25) is 0 Å². The molecule has 1 atom stereocenters. The molecule has 4 nitrogen and oxygen atoms in total. The Balaban J connectivity index is 2.75. The van der Waals surface area contributed by atoms with E-state index < -0.39 is 0 Å². The second-order valence-electron chi connectivity index (χ2n) is 4.57. The fourth-order valence-electron chi connectivity index (χ4n) is 1.05. The third kappa shape index (κ3) is 2.56. The fraction of sp³-hybridized carbons (Fsp3) is 0.700. The third-order valence-corrected chi connectivity index (χ3v) is 1.89. The molecule has 1 rings (SSSR count). The quantitative estimate of drug-likeness (QED) is 0.717. The van der Waals surface area contributed by atoms with E-state index >= 15 is 0 Å². The molecule has 1 aromatic heterocycles. The zero-order valence-corrected chi connectivity index (χ0v) is 9.15. The zero-order valence-electron chi connectivity index (χ0n) is 9.15. The van der Waals surface area contributed by atoms with Gasteiger partial charge in [-0.2, -0.15) is 10.4 Å². The number of rotatable bonds is 2. The summed E-state index contributed by atoms with van der Waals surface area (Å²) in [7, 11) is 0. The number of hydrogen-bond acceptors (Lipinski definition) is 3. The van der Waals surface area contributed by atoms with Gasteiger partial charge in [0.15, 0.2) is 5.82 Å². The molecule has 0 N–H and O–H groups in total. The van der Waals surface area contributed by atoms with Crippen molar-refractivity contribution in [1.82, 2.24) is 14.8 Å². The lowest BCUT2D eigenvalue weighted by Crippen LogP contribution is -2.15. The first kappa shape index (κ1) is 10.7. The predicted octanol–water partition coefficient (Wildman–Crippen LogP) is 1.74. The van der Waals surface area contributed by atoms with Crippen LogP contribution >= 0.6 is 0 Å². The Bertz CT molecular complexity index is 340. The van der Waals surface area contributed by atoms with Crippen LogP contribution in [0.4, 0.5) is 0 Å². The summed E-state index contributed by atoms with van der Waals surface area (Å²) >= 11 is 0. The van der Waals surface area contributed by atoms with Gasteiger partial charge < -0.3 is 0 Å². The maximum Gasteiger partial charge on any atom is 0.155 e. The van der Waals surface area contributed by atoms with Crippen LogP contribution in [0.5, 0.6) is 0 Å². The highest BCUT2D eigenvalue weighted by atomic mass is 15.3. The van der Waals surface area contributed by atoms with E-state index in [-0.39, 0.29) is 11.3 Å². The third-order valence-electron chi connectivity index (χ3n) is 1.89. The molecular weight excluding hydrogens is 176 g/mol. The summed E-state index contributed by atoms with van der Waals surface area (Å²) < 4.78 is 1.73. The van der Waals surface area contributed by atoms with Gasteiger partial charge in [-0.05, 0) is 6.92 Å². The summed E-state index contributed by atoms with van der Waals surface area (Å²) in [5.41, 5.74) is -0.0267. The van der Waals surface area contributed by atoms with Gasteiger partial charge in [-0.25, -0.2) is 4.98 Å². The lowest BCUT2D eigenvalue weighted by atomic mass is 9.96. The molecule has 0 amide bonds. The molecule has 0 fully saturated rings. The van der Waals surface area contributed by atoms with Crippen molar-refractivity contribution in [2.24, 2.45) is 5.92 Å². The van der Waals surface area contributed by atoms with Crippen LogP contribution in [0.25, 0.3) is 0 Å². The highest BCUT2D eigenvalue weighted by Crippen LogP contribution is 2.17. The van der Waals surface area contributed by atoms with E-state index in [2.05, 4.69) is 36.9 Å². The highest BCUT2D eigenvalue weighted by Gasteiger charge is 2.18. The molecule has 4 heteroatoms. The van der Waals surface area contributed by atoms with E-state index in [0.717, 1.165) is 5.82 Å². The van der Waals surface area contributed by atoms with E-state index in [4.69, 9.17) is 5.26 Å². The molecule has 0 radical (unpaired) electrons. The Morgan fingerprint density at radius 2 is 2.21 bits per heavy atom. The summed E-state index contributed by atoms with van der Waals surface area (Å²) in [6.45, 7) is 8.69. The molecule has 0 aliphatic rings. The maximum atomic E-state index is 8.65. The molecular formula is C10H16N4.